The van der Waals surface area contributed by atoms with Crippen LogP contribution < -0.4 is 15.0 Å². The quantitative estimate of drug-likeness (QED) is 0.775. The molecule has 0 spiro atoms. The lowest BCUT2D eigenvalue weighted by Crippen LogP contribution is -2.24. The van der Waals surface area contributed by atoms with Crippen LogP contribution >= 0.6 is 0 Å². The molecule has 5 nitrogen and oxygen atoms in total. The normalized spacial score (nSPS) is 14.3. The van der Waals surface area contributed by atoms with Crippen LogP contribution in [0.5, 0.6) is 5.75 Å². The number of carbonyl (C=O) groups is 2. The number of benzene rings is 2. The van der Waals surface area contributed by atoms with Crippen LogP contribution in [0, 0.1) is 0 Å². The summed E-state index contributed by atoms with van der Waals surface area (Å²) in [6, 6.07) is 14.8. The third-order valence-electron chi connectivity index (χ3n) is 4.73. The van der Waals surface area contributed by atoms with Crippen molar-refractivity contribution in [3.8, 4) is 5.75 Å². The highest BCUT2D eigenvalue weighted by Crippen LogP contribution is 2.21. The van der Waals surface area contributed by atoms with E-state index >= 15 is 0 Å². The molecule has 1 aliphatic heterocycles. The minimum absolute atomic E-state index is 0.0330. The summed E-state index contributed by atoms with van der Waals surface area (Å²) in [6.07, 6.45) is 5.08. The molecule has 0 aliphatic carbocycles. The smallest absolute Gasteiger partial charge is 0.262 e. The van der Waals surface area contributed by atoms with E-state index in [1.165, 1.54) is 38.3 Å². The summed E-state index contributed by atoms with van der Waals surface area (Å²) < 4.78 is 5.49. The maximum absolute atomic E-state index is 12.1. The van der Waals surface area contributed by atoms with Gasteiger partial charge in [-0.2, -0.15) is 0 Å². The van der Waals surface area contributed by atoms with Gasteiger partial charge in [0.25, 0.3) is 5.91 Å². The number of anilines is 2. The number of hydrogen-bond acceptors (Lipinski definition) is 4. The van der Waals surface area contributed by atoms with Crippen molar-refractivity contribution < 1.29 is 14.3 Å². The Morgan fingerprint density at radius 1 is 1.00 bits per heavy atom. The molecule has 0 atom stereocenters. The van der Waals surface area contributed by atoms with E-state index in [9.17, 15) is 9.59 Å². The Morgan fingerprint density at radius 2 is 1.70 bits per heavy atom. The van der Waals surface area contributed by atoms with E-state index in [0.717, 1.165) is 18.8 Å². The average molecular weight is 366 g/mol. The van der Waals surface area contributed by atoms with Crippen LogP contribution in [0.4, 0.5) is 11.4 Å². The van der Waals surface area contributed by atoms with E-state index in [1.54, 1.807) is 24.3 Å². The van der Waals surface area contributed by atoms with Crippen molar-refractivity contribution in [2.45, 2.75) is 32.6 Å². The predicted molar refractivity (Wildman–Crippen MR) is 108 cm³/mol. The molecule has 1 heterocycles. The van der Waals surface area contributed by atoms with Gasteiger partial charge >= 0.3 is 0 Å². The minimum atomic E-state index is -0.231. The molecule has 5 heteroatoms. The molecule has 1 amide bonds. The van der Waals surface area contributed by atoms with Gasteiger partial charge in [-0.3, -0.25) is 9.59 Å². The highest BCUT2D eigenvalue weighted by molar-refractivity contribution is 5.94. The Hall–Kier alpha value is -2.82. The molecular weight excluding hydrogens is 340 g/mol. The highest BCUT2D eigenvalue weighted by Gasteiger charge is 2.10. The third-order valence-corrected chi connectivity index (χ3v) is 4.73. The Labute approximate surface area is 160 Å². The third kappa shape index (κ3) is 5.58. The minimum Gasteiger partial charge on any atom is -0.484 e. The van der Waals surface area contributed by atoms with Crippen LogP contribution in [0.3, 0.4) is 0 Å². The van der Waals surface area contributed by atoms with Crippen molar-refractivity contribution >= 4 is 23.1 Å². The first-order valence-electron chi connectivity index (χ1n) is 9.50. The van der Waals surface area contributed by atoms with E-state index in [0.29, 0.717) is 11.3 Å². The molecule has 0 aromatic heterocycles. The number of ketones is 1. The molecule has 1 fully saturated rings. The first kappa shape index (κ1) is 19.0. The number of rotatable bonds is 6. The molecule has 1 saturated heterocycles. The lowest BCUT2D eigenvalue weighted by molar-refractivity contribution is -0.118. The van der Waals surface area contributed by atoms with Gasteiger partial charge in [-0.1, -0.05) is 25.0 Å². The molecule has 1 N–H and O–H groups in total. The van der Waals surface area contributed by atoms with Crippen LogP contribution in [0.25, 0.3) is 0 Å². The van der Waals surface area contributed by atoms with Crippen LogP contribution in [-0.4, -0.2) is 31.4 Å². The van der Waals surface area contributed by atoms with Gasteiger partial charge < -0.3 is 15.0 Å². The van der Waals surface area contributed by atoms with Crippen molar-refractivity contribution in [2.75, 3.05) is 29.9 Å². The average Bonchev–Trinajstić information content (AvgIpc) is 2.97. The van der Waals surface area contributed by atoms with Crippen molar-refractivity contribution in [1.29, 1.82) is 0 Å². The summed E-state index contributed by atoms with van der Waals surface area (Å²) in [4.78, 5) is 25.9. The zero-order valence-corrected chi connectivity index (χ0v) is 15.7. The molecule has 142 valence electrons. The fraction of sp³-hybridized carbons (Fsp3) is 0.364. The maximum Gasteiger partial charge on any atom is 0.262 e. The van der Waals surface area contributed by atoms with Crippen LogP contribution in [-0.2, 0) is 4.79 Å². The van der Waals surface area contributed by atoms with Crippen LogP contribution in [0.2, 0.25) is 0 Å². The van der Waals surface area contributed by atoms with Gasteiger partial charge in [0, 0.05) is 30.0 Å². The van der Waals surface area contributed by atoms with Crippen molar-refractivity contribution in [3.63, 3.8) is 0 Å². The van der Waals surface area contributed by atoms with E-state index in [-0.39, 0.29) is 18.3 Å². The number of hydrogen-bond donors (Lipinski definition) is 1. The predicted octanol–water partition coefficient (Wildman–Crippen LogP) is 4.29. The molecule has 0 unspecified atom stereocenters. The fourth-order valence-corrected chi connectivity index (χ4v) is 3.24. The lowest BCUT2D eigenvalue weighted by Gasteiger charge is -2.22. The van der Waals surface area contributed by atoms with Gasteiger partial charge in [0.1, 0.15) is 5.75 Å². The van der Waals surface area contributed by atoms with Crippen molar-refractivity contribution in [2.24, 2.45) is 0 Å². The summed E-state index contributed by atoms with van der Waals surface area (Å²) in [7, 11) is 0. The molecule has 0 saturated carbocycles. The summed E-state index contributed by atoms with van der Waals surface area (Å²) in [5, 5.41) is 2.84. The second-order valence-corrected chi connectivity index (χ2v) is 6.87. The summed E-state index contributed by atoms with van der Waals surface area (Å²) in [5.41, 5.74) is 2.52. The number of ether oxygens (including phenoxy) is 1. The molecule has 0 radical (unpaired) electrons. The van der Waals surface area contributed by atoms with Gasteiger partial charge in [0.05, 0.1) is 0 Å². The van der Waals surface area contributed by atoms with E-state index in [4.69, 9.17) is 4.74 Å². The first-order valence-corrected chi connectivity index (χ1v) is 9.50. The molecule has 0 bridgehead atoms. The van der Waals surface area contributed by atoms with Crippen LogP contribution in [0.15, 0.2) is 48.5 Å². The number of carbonyl (C=O) groups excluding carboxylic acids is 2. The Morgan fingerprint density at radius 3 is 2.37 bits per heavy atom. The zero-order valence-electron chi connectivity index (χ0n) is 15.7. The standard InChI is InChI=1S/C22H26N2O3/c1-17(25)18-7-6-8-21(15-18)27-16-22(26)23-19-9-11-20(12-10-19)24-13-4-2-3-5-14-24/h6-12,15H,2-5,13-14,16H2,1H3,(H,23,26). The number of Topliss-reactive ketones (excluding diaryl/α,β-unsaturated/α-hetero) is 1. The van der Waals surface area contributed by atoms with Gasteiger partial charge in [0.2, 0.25) is 0 Å². The van der Waals surface area contributed by atoms with E-state index in [2.05, 4.69) is 22.3 Å². The van der Waals surface area contributed by atoms with Crippen molar-refractivity contribution in [3.05, 3.63) is 54.1 Å². The van der Waals surface area contributed by atoms with Crippen LogP contribution in [0.1, 0.15) is 43.0 Å². The Balaban J connectivity index is 1.52. The van der Waals surface area contributed by atoms with Gasteiger partial charge in [-0.05, 0) is 56.2 Å². The molecule has 27 heavy (non-hydrogen) atoms. The molecule has 2 aromatic carbocycles. The second-order valence-electron chi connectivity index (χ2n) is 6.87. The summed E-state index contributed by atoms with van der Waals surface area (Å²) in [5.74, 6) is 0.245. The fourth-order valence-electron chi connectivity index (χ4n) is 3.24. The zero-order chi connectivity index (χ0) is 19.1. The van der Waals surface area contributed by atoms with E-state index < -0.39 is 0 Å². The lowest BCUT2D eigenvalue weighted by atomic mass is 10.1. The first-order chi connectivity index (χ1) is 13.1. The monoisotopic (exact) mass is 366 g/mol. The Bertz CT molecular complexity index is 778. The van der Waals surface area contributed by atoms with Crippen molar-refractivity contribution in [1.82, 2.24) is 0 Å². The molecule has 1 aliphatic rings. The topological polar surface area (TPSA) is 58.6 Å². The maximum atomic E-state index is 12.1. The van der Waals surface area contributed by atoms with Gasteiger partial charge in [-0.15, -0.1) is 0 Å². The number of nitrogens with zero attached hydrogens (tertiary/aromatic N) is 1. The molecule has 2 aromatic rings. The summed E-state index contributed by atoms with van der Waals surface area (Å²) in [6.45, 7) is 3.59. The van der Waals surface area contributed by atoms with Gasteiger partial charge in [-0.25, -0.2) is 0 Å². The highest BCUT2D eigenvalue weighted by atomic mass is 16.5. The van der Waals surface area contributed by atoms with E-state index in [1.807, 2.05) is 12.1 Å². The molecular formula is C22H26N2O3. The number of nitrogens with one attached hydrogen (secondary N) is 1. The Kier molecular flexibility index (Phi) is 6.47. The number of amides is 1. The van der Waals surface area contributed by atoms with Gasteiger partial charge in [0.15, 0.2) is 12.4 Å². The second kappa shape index (κ2) is 9.21. The SMILES string of the molecule is CC(=O)c1cccc(OCC(=O)Nc2ccc(N3CCCCCC3)cc2)c1. The summed E-state index contributed by atoms with van der Waals surface area (Å²) >= 11 is 0. The molecule has 3 rings (SSSR count). The largest absolute Gasteiger partial charge is 0.484 e.